The summed E-state index contributed by atoms with van der Waals surface area (Å²) in [5.41, 5.74) is 1.71. The minimum atomic E-state index is -0.814. The monoisotopic (exact) mass is 677 g/mol. The van der Waals surface area contributed by atoms with Crippen molar-refractivity contribution in [2.45, 2.75) is 72.5 Å². The van der Waals surface area contributed by atoms with Crippen LogP contribution in [-0.2, 0) is 22.7 Å². The number of amides is 4. The highest BCUT2D eigenvalue weighted by atomic mass is 19.1. The Bertz CT molecular complexity index is 1770. The number of ether oxygens (including phenoxy) is 2. The van der Waals surface area contributed by atoms with Crippen LogP contribution in [0, 0.1) is 19.7 Å². The molecule has 1 atom stereocenters. The zero-order valence-electron chi connectivity index (χ0n) is 28.6. The maximum atomic E-state index is 15.1. The van der Waals surface area contributed by atoms with Crippen molar-refractivity contribution in [2.75, 3.05) is 26.7 Å². The molecule has 3 N–H and O–H groups in total. The standard InChI is InChI=1S/C36H44FN5O7/c1-6-27-34(45)39-21-24-11-13-28(26(37)19-24)49-30-20-25(12-14-29(30)48-5)33(44)38-15-9-17-41(16-8-10-31(43)40-27)35(46)32-22(3)18-23(4)42(7-2)36(32)47/h11-14,18-20,27H,6-10,15-17,21H2,1-5H3,(H,38,44)(H,39,45)(H,40,43)/t27-/m0/s1. The molecular formula is C36H44FN5O7. The van der Waals surface area contributed by atoms with E-state index in [0.29, 0.717) is 30.5 Å². The summed E-state index contributed by atoms with van der Waals surface area (Å²) < 4.78 is 27.8. The molecule has 0 aliphatic carbocycles. The van der Waals surface area contributed by atoms with Crippen LogP contribution in [0.1, 0.15) is 77.1 Å². The fraction of sp³-hybridized carbons (Fsp3) is 0.417. The highest BCUT2D eigenvalue weighted by Gasteiger charge is 2.24. The van der Waals surface area contributed by atoms with E-state index in [2.05, 4.69) is 16.0 Å². The molecule has 4 bridgehead atoms. The molecule has 0 spiro atoms. The first-order valence-corrected chi connectivity index (χ1v) is 16.5. The first-order valence-electron chi connectivity index (χ1n) is 16.5. The van der Waals surface area contributed by atoms with Crippen molar-refractivity contribution in [2.24, 2.45) is 0 Å². The topological polar surface area (TPSA) is 148 Å². The molecule has 2 aliphatic rings. The average molecular weight is 678 g/mol. The Hall–Kier alpha value is -5.20. The Balaban J connectivity index is 1.62. The second-order valence-electron chi connectivity index (χ2n) is 11.9. The molecule has 262 valence electrons. The first kappa shape index (κ1) is 36.6. The van der Waals surface area contributed by atoms with Crippen LogP contribution in [0.25, 0.3) is 0 Å². The normalized spacial score (nSPS) is 16.7. The molecule has 13 heteroatoms. The van der Waals surface area contributed by atoms with Gasteiger partial charge in [0.15, 0.2) is 23.1 Å². The van der Waals surface area contributed by atoms with Gasteiger partial charge in [-0.25, -0.2) is 4.39 Å². The number of halogens is 1. The third-order valence-electron chi connectivity index (χ3n) is 8.41. The average Bonchev–Trinajstić information content (AvgIpc) is 3.07. The number of methoxy groups -OCH3 is 1. The summed E-state index contributed by atoms with van der Waals surface area (Å²) in [5.74, 6) is -2.05. The number of hydrogen-bond acceptors (Lipinski definition) is 7. The van der Waals surface area contributed by atoms with E-state index in [-0.39, 0.29) is 78.9 Å². The molecule has 5 rings (SSSR count). The number of nitrogens with zero attached hydrogens (tertiary/aromatic N) is 2. The van der Waals surface area contributed by atoms with Gasteiger partial charge in [-0.2, -0.15) is 0 Å². The zero-order chi connectivity index (χ0) is 35.7. The van der Waals surface area contributed by atoms with Gasteiger partial charge in [-0.15, -0.1) is 0 Å². The lowest BCUT2D eigenvalue weighted by Gasteiger charge is -2.24. The van der Waals surface area contributed by atoms with Crippen molar-refractivity contribution >= 4 is 23.6 Å². The van der Waals surface area contributed by atoms with Gasteiger partial charge in [0.25, 0.3) is 17.4 Å². The number of rotatable bonds is 4. The number of carbonyl (C=O) groups is 4. The molecule has 0 saturated carbocycles. The largest absolute Gasteiger partial charge is 0.493 e. The quantitative estimate of drug-likeness (QED) is 0.378. The third-order valence-corrected chi connectivity index (χ3v) is 8.41. The van der Waals surface area contributed by atoms with E-state index in [1.807, 2.05) is 13.8 Å². The maximum absolute atomic E-state index is 15.1. The number of pyridine rings is 1. The van der Waals surface area contributed by atoms with Gasteiger partial charge in [0.05, 0.1) is 7.11 Å². The van der Waals surface area contributed by atoms with Crippen LogP contribution in [0.3, 0.4) is 0 Å². The van der Waals surface area contributed by atoms with Gasteiger partial charge in [0.2, 0.25) is 11.8 Å². The summed E-state index contributed by atoms with van der Waals surface area (Å²) in [6, 6.07) is 9.77. The van der Waals surface area contributed by atoms with E-state index in [0.717, 1.165) is 5.69 Å². The van der Waals surface area contributed by atoms with E-state index >= 15 is 4.39 Å². The summed E-state index contributed by atoms with van der Waals surface area (Å²) in [7, 11) is 1.43. The predicted octanol–water partition coefficient (Wildman–Crippen LogP) is 3.99. The van der Waals surface area contributed by atoms with Crippen LogP contribution >= 0.6 is 0 Å². The van der Waals surface area contributed by atoms with Crippen LogP contribution in [0.5, 0.6) is 17.2 Å². The highest BCUT2D eigenvalue weighted by Crippen LogP contribution is 2.34. The highest BCUT2D eigenvalue weighted by molar-refractivity contribution is 5.96. The fourth-order valence-corrected chi connectivity index (χ4v) is 5.74. The minimum absolute atomic E-state index is 0.0105. The van der Waals surface area contributed by atoms with Crippen LogP contribution in [0.15, 0.2) is 47.3 Å². The summed E-state index contributed by atoms with van der Waals surface area (Å²) >= 11 is 0. The number of nitrogens with one attached hydrogen (secondary N) is 3. The van der Waals surface area contributed by atoms with Gasteiger partial charge >= 0.3 is 0 Å². The summed E-state index contributed by atoms with van der Waals surface area (Å²) in [4.78, 5) is 67.6. The Labute approximate surface area is 285 Å². The SMILES string of the molecule is CC[C@@H]1NC(=O)CCCN(C(=O)c2c(C)cc(C)n(CC)c2=O)CCCNC(=O)c2ccc(OC)c(c2)Oc2ccc(cc2F)CNC1=O. The molecule has 2 aromatic carbocycles. The molecule has 0 saturated heterocycles. The van der Waals surface area contributed by atoms with E-state index in [9.17, 15) is 24.0 Å². The lowest BCUT2D eigenvalue weighted by atomic mass is 10.1. The molecule has 0 radical (unpaired) electrons. The van der Waals surface area contributed by atoms with Gasteiger partial charge in [-0.05, 0) is 87.6 Å². The van der Waals surface area contributed by atoms with Gasteiger partial charge in [0, 0.05) is 50.4 Å². The van der Waals surface area contributed by atoms with Crippen LogP contribution < -0.4 is 31.0 Å². The first-order chi connectivity index (χ1) is 23.5. The summed E-state index contributed by atoms with van der Waals surface area (Å²) in [5, 5.41) is 8.31. The van der Waals surface area contributed by atoms with Gasteiger partial charge in [-0.3, -0.25) is 24.0 Å². The maximum Gasteiger partial charge on any atom is 0.263 e. The zero-order valence-corrected chi connectivity index (χ0v) is 28.6. The molecule has 0 fully saturated rings. The number of hydrogen-bond donors (Lipinski definition) is 3. The predicted molar refractivity (Wildman–Crippen MR) is 181 cm³/mol. The molecule has 1 aromatic heterocycles. The van der Waals surface area contributed by atoms with E-state index in [1.54, 1.807) is 42.7 Å². The number of aromatic nitrogens is 1. The van der Waals surface area contributed by atoms with Crippen molar-refractivity contribution in [3.8, 4) is 17.2 Å². The Morgan fingerprint density at radius 1 is 0.980 bits per heavy atom. The molecule has 3 heterocycles. The van der Waals surface area contributed by atoms with Gasteiger partial charge in [-0.1, -0.05) is 13.0 Å². The Kier molecular flexibility index (Phi) is 12.5. The molecule has 0 unspecified atom stereocenters. The molecule has 4 amide bonds. The van der Waals surface area contributed by atoms with Crippen molar-refractivity contribution in [3.63, 3.8) is 0 Å². The Morgan fingerprint density at radius 3 is 2.43 bits per heavy atom. The second-order valence-corrected chi connectivity index (χ2v) is 11.9. The van der Waals surface area contributed by atoms with Crippen LogP contribution in [0.4, 0.5) is 4.39 Å². The second kappa shape index (κ2) is 16.8. The lowest BCUT2D eigenvalue weighted by Crippen LogP contribution is -2.46. The summed E-state index contributed by atoms with van der Waals surface area (Å²) in [6.45, 7) is 8.11. The molecule has 49 heavy (non-hydrogen) atoms. The van der Waals surface area contributed by atoms with Crippen molar-refractivity contribution in [3.05, 3.63) is 86.6 Å². The van der Waals surface area contributed by atoms with E-state index in [1.165, 1.54) is 30.2 Å². The van der Waals surface area contributed by atoms with Gasteiger partial charge < -0.3 is 34.9 Å². The van der Waals surface area contributed by atoms with Crippen LogP contribution in [0.2, 0.25) is 0 Å². The van der Waals surface area contributed by atoms with Gasteiger partial charge in [0.1, 0.15) is 11.6 Å². The fourth-order valence-electron chi connectivity index (χ4n) is 5.74. The molecule has 3 aromatic rings. The van der Waals surface area contributed by atoms with E-state index in [4.69, 9.17) is 9.47 Å². The number of carbonyl (C=O) groups excluding carboxylic acids is 4. The van der Waals surface area contributed by atoms with Crippen molar-refractivity contribution < 1.29 is 33.0 Å². The van der Waals surface area contributed by atoms with Crippen LogP contribution in [-0.4, -0.2) is 65.9 Å². The van der Waals surface area contributed by atoms with E-state index < -0.39 is 29.6 Å². The molecule has 12 nitrogen and oxygen atoms in total. The molecular weight excluding hydrogens is 633 g/mol. The van der Waals surface area contributed by atoms with Crippen molar-refractivity contribution in [1.82, 2.24) is 25.4 Å². The number of aryl methyl sites for hydroxylation is 2. The lowest BCUT2D eigenvalue weighted by molar-refractivity contribution is -0.129. The minimum Gasteiger partial charge on any atom is -0.493 e. The number of fused-ring (bicyclic) bond motifs is 16. The Morgan fingerprint density at radius 2 is 1.73 bits per heavy atom. The van der Waals surface area contributed by atoms with Crippen molar-refractivity contribution in [1.29, 1.82) is 0 Å². The number of benzene rings is 2. The molecule has 2 aliphatic heterocycles. The third kappa shape index (κ3) is 9.04. The smallest absolute Gasteiger partial charge is 0.263 e. The summed E-state index contributed by atoms with van der Waals surface area (Å²) in [6.07, 6.45) is 0.982.